The summed E-state index contributed by atoms with van der Waals surface area (Å²) in [4.78, 5) is 9.45. The molecule has 0 saturated carbocycles. The number of thiophene rings is 1. The zero-order chi connectivity index (χ0) is 19.2. The first-order valence-corrected chi connectivity index (χ1v) is 10.3. The van der Waals surface area contributed by atoms with Crippen molar-refractivity contribution in [3.05, 3.63) is 59.6 Å². The second-order valence-corrected chi connectivity index (χ2v) is 7.92. The predicted molar refractivity (Wildman–Crippen MR) is 119 cm³/mol. The van der Waals surface area contributed by atoms with Gasteiger partial charge in [-0.2, -0.15) is 10.1 Å². The molecule has 8 heteroatoms. The smallest absolute Gasteiger partial charge is 0.229 e. The van der Waals surface area contributed by atoms with Gasteiger partial charge in [-0.25, -0.2) is 4.98 Å². The number of fused-ring (bicyclic) bond motifs is 3. The average Bonchev–Trinajstić information content (AvgIpc) is 3.47. The molecule has 3 aromatic heterocycles. The number of aromatic amines is 1. The lowest BCUT2D eigenvalue weighted by atomic mass is 10.1. The van der Waals surface area contributed by atoms with Crippen LogP contribution in [-0.4, -0.2) is 26.7 Å². The lowest BCUT2D eigenvalue weighted by molar-refractivity contribution is 1.11. The molecule has 4 N–H and O–H groups in total. The van der Waals surface area contributed by atoms with Crippen LogP contribution in [0.25, 0.3) is 21.1 Å². The Kier molecular flexibility index (Phi) is 3.63. The van der Waals surface area contributed by atoms with Gasteiger partial charge >= 0.3 is 0 Å². The minimum absolute atomic E-state index is 0.577. The van der Waals surface area contributed by atoms with Crippen molar-refractivity contribution in [2.45, 2.75) is 6.42 Å². The van der Waals surface area contributed by atoms with Crippen LogP contribution in [-0.2, 0) is 6.42 Å². The molecule has 2 aromatic carbocycles. The van der Waals surface area contributed by atoms with Crippen LogP contribution in [0.4, 0.5) is 28.8 Å². The summed E-state index contributed by atoms with van der Waals surface area (Å²) in [6.07, 6.45) is 2.86. The maximum atomic E-state index is 4.76. The van der Waals surface area contributed by atoms with Crippen molar-refractivity contribution in [2.24, 2.45) is 0 Å². The Hall–Kier alpha value is -3.65. The van der Waals surface area contributed by atoms with Crippen molar-refractivity contribution in [3.63, 3.8) is 0 Å². The zero-order valence-corrected chi connectivity index (χ0v) is 16.2. The minimum Gasteiger partial charge on any atom is -0.384 e. The summed E-state index contributed by atoms with van der Waals surface area (Å²) >= 11 is 1.63. The highest BCUT2D eigenvalue weighted by atomic mass is 32.1. The van der Waals surface area contributed by atoms with Crippen molar-refractivity contribution in [1.29, 1.82) is 0 Å². The number of H-pyrrole nitrogens is 1. The average molecular weight is 399 g/mol. The molecule has 0 bridgehead atoms. The molecule has 1 aliphatic rings. The Morgan fingerprint density at radius 3 is 2.90 bits per heavy atom. The molecule has 1 aliphatic heterocycles. The Labute approximate surface area is 170 Å². The first kappa shape index (κ1) is 16.3. The van der Waals surface area contributed by atoms with Gasteiger partial charge in [-0.3, -0.25) is 5.10 Å². The number of hydrogen-bond acceptors (Lipinski definition) is 7. The SMILES string of the molecule is c1cc2nc(Nc3ccc4c(c3)CCN4)nc(Nc3ccc4[nH]ncc4c3)c2s1. The Morgan fingerprint density at radius 2 is 1.90 bits per heavy atom. The first-order valence-electron chi connectivity index (χ1n) is 9.41. The highest BCUT2D eigenvalue weighted by Gasteiger charge is 2.13. The van der Waals surface area contributed by atoms with E-state index in [0.29, 0.717) is 5.95 Å². The van der Waals surface area contributed by atoms with Gasteiger partial charge in [0, 0.05) is 29.0 Å². The van der Waals surface area contributed by atoms with Crippen LogP contribution in [0.5, 0.6) is 0 Å². The Balaban J connectivity index is 1.36. The van der Waals surface area contributed by atoms with E-state index in [2.05, 4.69) is 55.4 Å². The summed E-state index contributed by atoms with van der Waals surface area (Å²) in [6.45, 7) is 0.991. The van der Waals surface area contributed by atoms with Gasteiger partial charge in [0.1, 0.15) is 0 Å². The van der Waals surface area contributed by atoms with Crippen molar-refractivity contribution in [2.75, 3.05) is 22.5 Å². The van der Waals surface area contributed by atoms with Gasteiger partial charge in [0.15, 0.2) is 5.82 Å². The molecule has 0 aliphatic carbocycles. The van der Waals surface area contributed by atoms with E-state index in [1.54, 1.807) is 11.3 Å². The number of rotatable bonds is 4. The van der Waals surface area contributed by atoms with E-state index in [9.17, 15) is 0 Å². The summed E-state index contributed by atoms with van der Waals surface area (Å²) in [7, 11) is 0. The lowest BCUT2D eigenvalue weighted by Gasteiger charge is -2.11. The standard InChI is InChI=1S/C21H17N7S/c1-3-16-12(5-7-22-16)9-15(1)25-21-26-18-6-8-29-19(18)20(27-21)24-14-2-4-17-13(10-14)11-23-28-17/h1-4,6,8-11,22H,5,7H2,(H,23,28)(H2,24,25,26,27). The molecule has 0 amide bonds. The van der Waals surface area contributed by atoms with Gasteiger partial charge in [0.2, 0.25) is 5.95 Å². The summed E-state index contributed by atoms with van der Waals surface area (Å²) in [5, 5.41) is 20.4. The molecule has 0 fully saturated rings. The van der Waals surface area contributed by atoms with E-state index in [0.717, 1.165) is 51.3 Å². The van der Waals surface area contributed by atoms with Crippen LogP contribution in [0.2, 0.25) is 0 Å². The number of nitrogens with one attached hydrogen (secondary N) is 4. The van der Waals surface area contributed by atoms with Gasteiger partial charge in [-0.1, -0.05) is 0 Å². The predicted octanol–water partition coefficient (Wildman–Crippen LogP) is 5.02. The summed E-state index contributed by atoms with van der Waals surface area (Å²) < 4.78 is 1.03. The highest BCUT2D eigenvalue weighted by Crippen LogP contribution is 2.32. The van der Waals surface area contributed by atoms with Crippen LogP contribution in [0.1, 0.15) is 5.56 Å². The van der Waals surface area contributed by atoms with Gasteiger partial charge < -0.3 is 16.0 Å². The van der Waals surface area contributed by atoms with Gasteiger partial charge in [-0.05, 0) is 59.8 Å². The second kappa shape index (κ2) is 6.46. The molecular weight excluding hydrogens is 382 g/mol. The van der Waals surface area contributed by atoms with Crippen molar-refractivity contribution < 1.29 is 0 Å². The maximum Gasteiger partial charge on any atom is 0.229 e. The topological polar surface area (TPSA) is 90.5 Å². The van der Waals surface area contributed by atoms with Crippen LogP contribution in [0.15, 0.2) is 54.0 Å². The molecule has 142 valence electrons. The van der Waals surface area contributed by atoms with Crippen molar-refractivity contribution >= 4 is 61.3 Å². The molecule has 29 heavy (non-hydrogen) atoms. The molecule has 5 aromatic rings. The molecular formula is C21H17N7S. The summed E-state index contributed by atoms with van der Waals surface area (Å²) in [5.41, 5.74) is 6.41. The van der Waals surface area contributed by atoms with Crippen LogP contribution in [0.3, 0.4) is 0 Å². The molecule has 0 radical (unpaired) electrons. The monoisotopic (exact) mass is 399 g/mol. The fraction of sp³-hybridized carbons (Fsp3) is 0.0952. The normalized spacial score (nSPS) is 12.8. The van der Waals surface area contributed by atoms with Crippen molar-refractivity contribution in [3.8, 4) is 0 Å². The third-order valence-corrected chi connectivity index (χ3v) is 5.99. The van der Waals surface area contributed by atoms with E-state index >= 15 is 0 Å². The van der Waals surface area contributed by atoms with Gasteiger partial charge in [0.25, 0.3) is 0 Å². The number of benzene rings is 2. The van der Waals surface area contributed by atoms with E-state index < -0.39 is 0 Å². The van der Waals surface area contributed by atoms with E-state index in [4.69, 9.17) is 4.98 Å². The summed E-state index contributed by atoms with van der Waals surface area (Å²) in [6, 6.07) is 14.4. The van der Waals surface area contributed by atoms with Crippen LogP contribution >= 0.6 is 11.3 Å². The zero-order valence-electron chi connectivity index (χ0n) is 15.4. The molecule has 0 unspecified atom stereocenters. The molecule has 0 spiro atoms. The number of anilines is 5. The molecule has 7 nitrogen and oxygen atoms in total. The largest absolute Gasteiger partial charge is 0.384 e. The van der Waals surface area contributed by atoms with Gasteiger partial charge in [0.05, 0.1) is 21.9 Å². The van der Waals surface area contributed by atoms with Crippen molar-refractivity contribution in [1.82, 2.24) is 20.2 Å². The second-order valence-electron chi connectivity index (χ2n) is 7.00. The van der Waals surface area contributed by atoms with E-state index in [1.165, 1.54) is 11.3 Å². The molecule has 0 saturated heterocycles. The Morgan fingerprint density at radius 1 is 0.966 bits per heavy atom. The third-order valence-electron chi connectivity index (χ3n) is 5.08. The first-order chi connectivity index (χ1) is 14.3. The Bertz CT molecular complexity index is 1350. The third kappa shape index (κ3) is 2.94. The van der Waals surface area contributed by atoms with Gasteiger partial charge in [-0.15, -0.1) is 11.3 Å². The number of aromatic nitrogens is 4. The quantitative estimate of drug-likeness (QED) is 0.339. The highest BCUT2D eigenvalue weighted by molar-refractivity contribution is 7.17. The molecule has 4 heterocycles. The number of nitrogens with zero attached hydrogens (tertiary/aromatic N) is 3. The van der Waals surface area contributed by atoms with E-state index in [1.807, 2.05) is 29.8 Å². The molecule has 6 rings (SSSR count). The summed E-state index contributed by atoms with van der Waals surface area (Å²) in [5.74, 6) is 1.37. The fourth-order valence-electron chi connectivity index (χ4n) is 3.67. The van der Waals surface area contributed by atoms with Crippen LogP contribution in [0, 0.1) is 0 Å². The minimum atomic E-state index is 0.577. The molecule has 0 atom stereocenters. The fourth-order valence-corrected chi connectivity index (χ4v) is 4.45. The van der Waals surface area contributed by atoms with E-state index in [-0.39, 0.29) is 0 Å². The number of hydrogen-bond donors (Lipinski definition) is 4. The maximum absolute atomic E-state index is 4.76. The van der Waals surface area contributed by atoms with Crippen LogP contribution < -0.4 is 16.0 Å². The lowest BCUT2D eigenvalue weighted by Crippen LogP contribution is -2.01.